The third-order valence-electron chi connectivity index (χ3n) is 3.47. The lowest BCUT2D eigenvalue weighted by atomic mass is 10.1. The molecule has 2 heterocycles. The molecule has 116 valence electrons. The van der Waals surface area contributed by atoms with Gasteiger partial charge < -0.3 is 15.0 Å². The van der Waals surface area contributed by atoms with E-state index in [4.69, 9.17) is 16.3 Å². The highest BCUT2D eigenvalue weighted by atomic mass is 35.5. The van der Waals surface area contributed by atoms with Crippen LogP contribution in [0.5, 0.6) is 0 Å². The standard InChI is InChI=1S/C15H18ClN5O/c16-13-3-1-12(2-4-13)5-6-17-14-11-18-20-15(19-14)21-7-9-22-10-8-21/h1-4,11H,5-10H2,(H,17,19,20). The number of hydrogen-bond donors (Lipinski definition) is 1. The summed E-state index contributed by atoms with van der Waals surface area (Å²) in [4.78, 5) is 6.59. The molecule has 0 radical (unpaired) electrons. The monoisotopic (exact) mass is 319 g/mol. The summed E-state index contributed by atoms with van der Waals surface area (Å²) in [5.74, 6) is 1.39. The molecule has 1 N–H and O–H groups in total. The second kappa shape index (κ2) is 7.38. The molecule has 0 unspecified atom stereocenters. The van der Waals surface area contributed by atoms with Crippen molar-refractivity contribution in [2.24, 2.45) is 0 Å². The van der Waals surface area contributed by atoms with Gasteiger partial charge in [0.15, 0.2) is 5.82 Å². The molecule has 7 heteroatoms. The first-order valence-corrected chi connectivity index (χ1v) is 7.70. The van der Waals surface area contributed by atoms with Gasteiger partial charge in [-0.15, -0.1) is 5.10 Å². The number of anilines is 2. The first-order valence-electron chi connectivity index (χ1n) is 7.32. The third-order valence-corrected chi connectivity index (χ3v) is 3.73. The van der Waals surface area contributed by atoms with Gasteiger partial charge in [0, 0.05) is 24.7 Å². The SMILES string of the molecule is Clc1ccc(CCNc2cnnc(N3CCOCC3)n2)cc1. The normalized spacial score (nSPS) is 14.9. The van der Waals surface area contributed by atoms with E-state index < -0.39 is 0 Å². The molecule has 0 aliphatic carbocycles. The fraction of sp³-hybridized carbons (Fsp3) is 0.400. The van der Waals surface area contributed by atoms with Gasteiger partial charge in [0.25, 0.3) is 0 Å². The van der Waals surface area contributed by atoms with Crippen LogP contribution in [-0.4, -0.2) is 48.0 Å². The van der Waals surface area contributed by atoms with E-state index in [-0.39, 0.29) is 0 Å². The molecule has 0 saturated carbocycles. The van der Waals surface area contributed by atoms with Gasteiger partial charge in [-0.25, -0.2) is 0 Å². The Morgan fingerprint density at radius 2 is 1.95 bits per heavy atom. The van der Waals surface area contributed by atoms with Crippen molar-refractivity contribution in [2.75, 3.05) is 43.1 Å². The quantitative estimate of drug-likeness (QED) is 0.909. The Balaban J connectivity index is 1.55. The summed E-state index contributed by atoms with van der Waals surface area (Å²) in [6.45, 7) is 3.80. The molecule has 6 nitrogen and oxygen atoms in total. The van der Waals surface area contributed by atoms with Gasteiger partial charge in [0.05, 0.1) is 19.4 Å². The summed E-state index contributed by atoms with van der Waals surface area (Å²) in [6, 6.07) is 7.86. The number of halogens is 1. The van der Waals surface area contributed by atoms with E-state index in [1.807, 2.05) is 24.3 Å². The van der Waals surface area contributed by atoms with E-state index in [0.29, 0.717) is 19.2 Å². The average Bonchev–Trinajstić information content (AvgIpc) is 2.58. The molecule has 1 fully saturated rings. The van der Waals surface area contributed by atoms with E-state index in [9.17, 15) is 0 Å². The zero-order valence-corrected chi connectivity index (χ0v) is 13.0. The van der Waals surface area contributed by atoms with Crippen molar-refractivity contribution in [1.29, 1.82) is 0 Å². The third kappa shape index (κ3) is 4.05. The number of aromatic nitrogens is 3. The molecule has 1 aromatic heterocycles. The number of hydrogen-bond acceptors (Lipinski definition) is 6. The van der Waals surface area contributed by atoms with Crippen LogP contribution < -0.4 is 10.2 Å². The summed E-state index contributed by atoms with van der Waals surface area (Å²) < 4.78 is 5.33. The summed E-state index contributed by atoms with van der Waals surface area (Å²) in [7, 11) is 0. The van der Waals surface area contributed by atoms with Gasteiger partial charge >= 0.3 is 0 Å². The molecule has 1 aliphatic rings. The lowest BCUT2D eigenvalue weighted by molar-refractivity contribution is 0.122. The Morgan fingerprint density at radius 3 is 2.73 bits per heavy atom. The molecular weight excluding hydrogens is 302 g/mol. The fourth-order valence-electron chi connectivity index (χ4n) is 2.26. The van der Waals surface area contributed by atoms with Gasteiger partial charge in [-0.2, -0.15) is 10.1 Å². The van der Waals surface area contributed by atoms with Crippen LogP contribution in [0.25, 0.3) is 0 Å². The maximum Gasteiger partial charge on any atom is 0.247 e. The minimum absolute atomic E-state index is 0.653. The summed E-state index contributed by atoms with van der Waals surface area (Å²) in [6.07, 6.45) is 2.54. The van der Waals surface area contributed by atoms with Crippen LogP contribution in [0.15, 0.2) is 30.5 Å². The number of rotatable bonds is 5. The van der Waals surface area contributed by atoms with Crippen LogP contribution in [0.1, 0.15) is 5.56 Å². The van der Waals surface area contributed by atoms with Crippen molar-refractivity contribution in [3.8, 4) is 0 Å². The van der Waals surface area contributed by atoms with E-state index in [1.54, 1.807) is 6.20 Å². The summed E-state index contributed by atoms with van der Waals surface area (Å²) >= 11 is 5.88. The molecule has 2 aromatic rings. The number of benzene rings is 1. The van der Waals surface area contributed by atoms with Crippen molar-refractivity contribution in [2.45, 2.75) is 6.42 Å². The zero-order valence-electron chi connectivity index (χ0n) is 12.2. The molecule has 1 saturated heterocycles. The highest BCUT2D eigenvalue weighted by Crippen LogP contribution is 2.12. The first kappa shape index (κ1) is 15.0. The Kier molecular flexibility index (Phi) is 5.03. The van der Waals surface area contributed by atoms with Crippen molar-refractivity contribution in [1.82, 2.24) is 15.2 Å². The van der Waals surface area contributed by atoms with Gasteiger partial charge in [-0.05, 0) is 24.1 Å². The molecule has 1 aromatic carbocycles. The highest BCUT2D eigenvalue weighted by Gasteiger charge is 2.14. The molecule has 0 atom stereocenters. The van der Waals surface area contributed by atoms with Gasteiger partial charge in [-0.1, -0.05) is 23.7 Å². The maximum atomic E-state index is 5.88. The Hall–Kier alpha value is -1.92. The van der Waals surface area contributed by atoms with E-state index in [0.717, 1.165) is 36.9 Å². The van der Waals surface area contributed by atoms with Gasteiger partial charge in [0.1, 0.15) is 0 Å². The van der Waals surface area contributed by atoms with E-state index in [2.05, 4.69) is 25.4 Å². The average molecular weight is 320 g/mol. The van der Waals surface area contributed by atoms with Gasteiger partial charge in [0.2, 0.25) is 5.95 Å². The highest BCUT2D eigenvalue weighted by molar-refractivity contribution is 6.30. The zero-order chi connectivity index (χ0) is 15.2. The van der Waals surface area contributed by atoms with Crippen LogP contribution in [0.2, 0.25) is 5.02 Å². The molecule has 0 bridgehead atoms. The predicted octanol–water partition coefficient (Wildman–Crippen LogP) is 2.02. The van der Waals surface area contributed by atoms with Crippen molar-refractivity contribution >= 4 is 23.4 Å². The summed E-state index contributed by atoms with van der Waals surface area (Å²) in [5.41, 5.74) is 1.23. The van der Waals surface area contributed by atoms with Gasteiger partial charge in [-0.3, -0.25) is 0 Å². The van der Waals surface area contributed by atoms with E-state index in [1.165, 1.54) is 5.56 Å². The van der Waals surface area contributed by atoms with Crippen LogP contribution in [0, 0.1) is 0 Å². The van der Waals surface area contributed by atoms with Crippen LogP contribution in [0.3, 0.4) is 0 Å². The smallest absolute Gasteiger partial charge is 0.247 e. The Bertz CT molecular complexity index is 601. The summed E-state index contributed by atoms with van der Waals surface area (Å²) in [5, 5.41) is 12.2. The molecule has 3 rings (SSSR count). The number of morpholine rings is 1. The topological polar surface area (TPSA) is 63.2 Å². The predicted molar refractivity (Wildman–Crippen MR) is 86.5 cm³/mol. The first-order chi connectivity index (χ1) is 10.8. The number of nitrogens with one attached hydrogen (secondary N) is 1. The second-order valence-corrected chi connectivity index (χ2v) is 5.48. The Morgan fingerprint density at radius 1 is 1.18 bits per heavy atom. The van der Waals surface area contributed by atoms with Crippen LogP contribution >= 0.6 is 11.6 Å². The molecule has 0 amide bonds. The molecule has 1 aliphatic heterocycles. The molecule has 22 heavy (non-hydrogen) atoms. The van der Waals surface area contributed by atoms with Crippen molar-refractivity contribution in [3.63, 3.8) is 0 Å². The van der Waals surface area contributed by atoms with Crippen molar-refractivity contribution < 1.29 is 4.74 Å². The van der Waals surface area contributed by atoms with Crippen molar-refractivity contribution in [3.05, 3.63) is 41.0 Å². The fourth-order valence-corrected chi connectivity index (χ4v) is 2.39. The van der Waals surface area contributed by atoms with E-state index >= 15 is 0 Å². The molecular formula is C15H18ClN5O. The lowest BCUT2D eigenvalue weighted by Crippen LogP contribution is -2.37. The Labute approximate surface area is 134 Å². The lowest BCUT2D eigenvalue weighted by Gasteiger charge is -2.26. The number of ether oxygens (including phenoxy) is 1. The largest absolute Gasteiger partial charge is 0.378 e. The van der Waals surface area contributed by atoms with Crippen LogP contribution in [-0.2, 0) is 11.2 Å². The second-order valence-electron chi connectivity index (χ2n) is 5.04. The number of nitrogens with zero attached hydrogens (tertiary/aromatic N) is 4. The molecule has 0 spiro atoms. The maximum absolute atomic E-state index is 5.88. The minimum Gasteiger partial charge on any atom is -0.378 e. The van der Waals surface area contributed by atoms with Crippen LogP contribution in [0.4, 0.5) is 11.8 Å². The minimum atomic E-state index is 0.653.